The maximum absolute atomic E-state index is 11.4. The van der Waals surface area contributed by atoms with Gasteiger partial charge < -0.3 is 20.7 Å². The van der Waals surface area contributed by atoms with E-state index < -0.39 is 0 Å². The Bertz CT molecular complexity index is 371. The van der Waals surface area contributed by atoms with Gasteiger partial charge in [-0.2, -0.15) is 0 Å². The van der Waals surface area contributed by atoms with Crippen LogP contribution in [0.4, 0.5) is 11.4 Å². The average molecular weight is 252 g/mol. The molecule has 0 aliphatic carbocycles. The van der Waals surface area contributed by atoms with Gasteiger partial charge >= 0.3 is 0 Å². The van der Waals surface area contributed by atoms with Gasteiger partial charge in [0.05, 0.1) is 36.9 Å². The second-order valence-electron chi connectivity index (χ2n) is 3.69. The Hall–Kier alpha value is -1.82. The normalized spacial score (nSPS) is 9.89. The first-order valence-electron chi connectivity index (χ1n) is 5.94. The minimum Gasteiger partial charge on any atom is -0.384 e. The van der Waals surface area contributed by atoms with E-state index in [1.165, 1.54) is 0 Å². The van der Waals surface area contributed by atoms with Crippen molar-refractivity contribution in [1.82, 2.24) is 10.3 Å². The quantitative estimate of drug-likeness (QED) is 0.593. The van der Waals surface area contributed by atoms with Gasteiger partial charge in [-0.1, -0.05) is 0 Å². The summed E-state index contributed by atoms with van der Waals surface area (Å²) in [5, 5.41) is 8.90. The predicted octanol–water partition coefficient (Wildman–Crippen LogP) is 0.688. The lowest BCUT2D eigenvalue weighted by atomic mass is 10.3. The van der Waals surface area contributed by atoms with Crippen LogP contribution < -0.4 is 16.0 Å². The molecule has 0 fully saturated rings. The van der Waals surface area contributed by atoms with Crippen LogP contribution in [0.5, 0.6) is 0 Å². The molecule has 0 aliphatic rings. The molecule has 1 amide bonds. The lowest BCUT2D eigenvalue weighted by molar-refractivity contribution is -0.119. The number of nitrogens with one attached hydrogen (secondary N) is 3. The smallest absolute Gasteiger partial charge is 0.239 e. The van der Waals surface area contributed by atoms with Crippen molar-refractivity contribution in [2.75, 3.05) is 44.0 Å². The Morgan fingerprint density at radius 3 is 2.72 bits per heavy atom. The number of methoxy groups -OCH3 is 1. The second-order valence-corrected chi connectivity index (χ2v) is 3.69. The molecule has 0 atom stereocenters. The Labute approximate surface area is 107 Å². The number of amides is 1. The van der Waals surface area contributed by atoms with Gasteiger partial charge in [0.2, 0.25) is 5.91 Å². The van der Waals surface area contributed by atoms with Crippen molar-refractivity contribution in [2.45, 2.75) is 6.92 Å². The first kappa shape index (κ1) is 14.2. The van der Waals surface area contributed by atoms with Crippen LogP contribution in [0.3, 0.4) is 0 Å². The molecule has 1 aromatic rings. The standard InChI is InChI=1S/C12H20N4O2/c1-3-14-10-6-11(8-13-7-10)16-9-12(17)15-4-5-18-2/h6-8,14,16H,3-5,9H2,1-2H3,(H,15,17). The lowest BCUT2D eigenvalue weighted by Crippen LogP contribution is -2.32. The minimum atomic E-state index is -0.0686. The molecule has 0 saturated carbocycles. The summed E-state index contributed by atoms with van der Waals surface area (Å²) in [7, 11) is 1.60. The minimum absolute atomic E-state index is 0.0686. The Balaban J connectivity index is 2.33. The van der Waals surface area contributed by atoms with Gasteiger partial charge in [-0.05, 0) is 13.0 Å². The van der Waals surface area contributed by atoms with E-state index in [9.17, 15) is 4.79 Å². The molecule has 0 saturated heterocycles. The van der Waals surface area contributed by atoms with Gasteiger partial charge in [0.25, 0.3) is 0 Å². The molecule has 0 unspecified atom stereocenters. The molecule has 0 aliphatic heterocycles. The molecule has 0 aromatic carbocycles. The molecule has 1 heterocycles. The van der Waals surface area contributed by atoms with Gasteiger partial charge in [-0.25, -0.2) is 0 Å². The highest BCUT2D eigenvalue weighted by Gasteiger charge is 2.01. The van der Waals surface area contributed by atoms with Gasteiger partial charge in [-0.15, -0.1) is 0 Å². The number of hydrogen-bond acceptors (Lipinski definition) is 5. The number of anilines is 2. The number of ether oxygens (including phenoxy) is 1. The molecular formula is C12H20N4O2. The van der Waals surface area contributed by atoms with Crippen LogP contribution in [0, 0.1) is 0 Å². The van der Waals surface area contributed by atoms with Crippen LogP contribution in [-0.4, -0.2) is 44.2 Å². The van der Waals surface area contributed by atoms with Gasteiger partial charge in [0.1, 0.15) is 0 Å². The first-order chi connectivity index (χ1) is 8.76. The van der Waals surface area contributed by atoms with Crippen molar-refractivity contribution in [2.24, 2.45) is 0 Å². The summed E-state index contributed by atoms with van der Waals surface area (Å²) in [5.74, 6) is -0.0686. The van der Waals surface area contributed by atoms with E-state index in [2.05, 4.69) is 20.9 Å². The highest BCUT2D eigenvalue weighted by Crippen LogP contribution is 2.11. The zero-order chi connectivity index (χ0) is 13.2. The predicted molar refractivity (Wildman–Crippen MR) is 71.8 cm³/mol. The SMILES string of the molecule is CCNc1cncc(NCC(=O)NCCOC)c1. The summed E-state index contributed by atoms with van der Waals surface area (Å²) >= 11 is 0. The number of pyridine rings is 1. The highest BCUT2D eigenvalue weighted by molar-refractivity contribution is 5.80. The number of aromatic nitrogens is 1. The summed E-state index contributed by atoms with van der Waals surface area (Å²) in [5.41, 5.74) is 1.75. The molecule has 100 valence electrons. The van der Waals surface area contributed by atoms with Crippen LogP contribution in [0.15, 0.2) is 18.5 Å². The number of rotatable bonds is 8. The molecule has 3 N–H and O–H groups in total. The number of nitrogens with zero attached hydrogens (tertiary/aromatic N) is 1. The van der Waals surface area contributed by atoms with Crippen LogP contribution >= 0.6 is 0 Å². The number of carbonyl (C=O) groups is 1. The van der Waals surface area contributed by atoms with Gasteiger partial charge in [-0.3, -0.25) is 9.78 Å². The number of carbonyl (C=O) groups excluding carboxylic acids is 1. The average Bonchev–Trinajstić information content (AvgIpc) is 2.38. The Morgan fingerprint density at radius 2 is 2.06 bits per heavy atom. The molecule has 1 aromatic heterocycles. The Kier molecular flexibility index (Phi) is 6.56. The maximum atomic E-state index is 11.4. The van der Waals surface area contributed by atoms with Crippen LogP contribution in [-0.2, 0) is 9.53 Å². The third-order valence-electron chi connectivity index (χ3n) is 2.20. The monoisotopic (exact) mass is 252 g/mol. The molecule has 0 radical (unpaired) electrons. The molecule has 6 nitrogen and oxygen atoms in total. The third kappa shape index (κ3) is 5.49. The van der Waals surface area contributed by atoms with E-state index in [-0.39, 0.29) is 12.5 Å². The fraction of sp³-hybridized carbons (Fsp3) is 0.500. The first-order valence-corrected chi connectivity index (χ1v) is 5.94. The summed E-state index contributed by atoms with van der Waals surface area (Å²) in [4.78, 5) is 15.5. The van der Waals surface area contributed by atoms with Crippen molar-refractivity contribution in [3.05, 3.63) is 18.5 Å². The second kappa shape index (κ2) is 8.30. The maximum Gasteiger partial charge on any atom is 0.239 e. The summed E-state index contributed by atoms with van der Waals surface area (Å²) < 4.78 is 4.84. The zero-order valence-corrected chi connectivity index (χ0v) is 10.8. The van der Waals surface area contributed by atoms with E-state index in [0.717, 1.165) is 17.9 Å². The van der Waals surface area contributed by atoms with E-state index >= 15 is 0 Å². The topological polar surface area (TPSA) is 75.3 Å². The van der Waals surface area contributed by atoms with E-state index in [1.54, 1.807) is 19.5 Å². The van der Waals surface area contributed by atoms with Gasteiger partial charge in [0.15, 0.2) is 0 Å². The van der Waals surface area contributed by atoms with E-state index in [1.807, 2.05) is 13.0 Å². The van der Waals surface area contributed by atoms with E-state index in [4.69, 9.17) is 4.74 Å². The lowest BCUT2D eigenvalue weighted by Gasteiger charge is -2.09. The molecule has 1 rings (SSSR count). The van der Waals surface area contributed by atoms with Crippen LogP contribution in [0.1, 0.15) is 6.92 Å². The molecular weight excluding hydrogens is 232 g/mol. The third-order valence-corrected chi connectivity index (χ3v) is 2.20. The summed E-state index contributed by atoms with van der Waals surface area (Å²) in [6.45, 7) is 4.11. The van der Waals surface area contributed by atoms with Crippen molar-refractivity contribution in [1.29, 1.82) is 0 Å². The molecule has 0 spiro atoms. The summed E-state index contributed by atoms with van der Waals surface area (Å²) in [6, 6.07) is 1.92. The zero-order valence-electron chi connectivity index (χ0n) is 10.8. The van der Waals surface area contributed by atoms with E-state index in [0.29, 0.717) is 13.2 Å². The van der Waals surface area contributed by atoms with Gasteiger partial charge in [0, 0.05) is 20.2 Å². The molecule has 18 heavy (non-hydrogen) atoms. The largest absolute Gasteiger partial charge is 0.384 e. The Morgan fingerprint density at radius 1 is 1.33 bits per heavy atom. The van der Waals surface area contributed by atoms with Crippen molar-refractivity contribution in [3.8, 4) is 0 Å². The van der Waals surface area contributed by atoms with Crippen molar-refractivity contribution < 1.29 is 9.53 Å². The van der Waals surface area contributed by atoms with Crippen LogP contribution in [0.2, 0.25) is 0 Å². The highest BCUT2D eigenvalue weighted by atomic mass is 16.5. The fourth-order valence-electron chi connectivity index (χ4n) is 1.37. The molecule has 6 heteroatoms. The number of hydrogen-bond donors (Lipinski definition) is 3. The fourth-order valence-corrected chi connectivity index (χ4v) is 1.37. The summed E-state index contributed by atoms with van der Waals surface area (Å²) in [6.07, 6.45) is 3.43. The van der Waals surface area contributed by atoms with Crippen molar-refractivity contribution in [3.63, 3.8) is 0 Å². The van der Waals surface area contributed by atoms with Crippen LogP contribution in [0.25, 0.3) is 0 Å². The molecule has 0 bridgehead atoms. The van der Waals surface area contributed by atoms with Crippen molar-refractivity contribution >= 4 is 17.3 Å².